The topological polar surface area (TPSA) is 70.3 Å². The molecule has 0 spiro atoms. The van der Waals surface area contributed by atoms with E-state index in [1.54, 1.807) is 16.9 Å². The molecule has 120 valence electrons. The number of carbonyl (C=O) groups excluding carboxylic acids is 1. The van der Waals surface area contributed by atoms with Crippen LogP contribution in [-0.4, -0.2) is 21.7 Å². The second-order valence-corrected chi connectivity index (χ2v) is 7.20. The van der Waals surface area contributed by atoms with Crippen molar-refractivity contribution in [3.63, 3.8) is 0 Å². The minimum Gasteiger partial charge on any atom is -0.462 e. The van der Waals surface area contributed by atoms with Crippen molar-refractivity contribution in [3.05, 3.63) is 31.8 Å². The zero-order chi connectivity index (χ0) is 16.7. The van der Waals surface area contributed by atoms with Gasteiger partial charge in [0, 0.05) is 19.0 Å². The SMILES string of the molecule is CCOC(=O)c1csc2c1c(=O)n(C)c(=O)n2CC(C)(C)C. The van der Waals surface area contributed by atoms with Crippen molar-refractivity contribution < 1.29 is 9.53 Å². The lowest BCUT2D eigenvalue weighted by Gasteiger charge is -2.20. The monoisotopic (exact) mass is 324 g/mol. The van der Waals surface area contributed by atoms with Gasteiger partial charge in [0.2, 0.25) is 0 Å². The fourth-order valence-electron chi connectivity index (χ4n) is 2.25. The summed E-state index contributed by atoms with van der Waals surface area (Å²) in [6.07, 6.45) is 0. The number of aromatic nitrogens is 2. The molecule has 7 heteroatoms. The van der Waals surface area contributed by atoms with E-state index in [1.165, 1.54) is 18.4 Å². The zero-order valence-corrected chi connectivity index (χ0v) is 14.2. The summed E-state index contributed by atoms with van der Waals surface area (Å²) >= 11 is 1.22. The van der Waals surface area contributed by atoms with Crippen molar-refractivity contribution >= 4 is 27.5 Å². The number of hydrogen-bond acceptors (Lipinski definition) is 5. The predicted octanol–water partition coefficient (Wildman–Crippen LogP) is 1.98. The molecule has 0 radical (unpaired) electrons. The van der Waals surface area contributed by atoms with Crippen LogP contribution < -0.4 is 11.2 Å². The second kappa shape index (κ2) is 5.72. The van der Waals surface area contributed by atoms with Gasteiger partial charge in [-0.05, 0) is 12.3 Å². The highest BCUT2D eigenvalue weighted by molar-refractivity contribution is 7.17. The molecule has 0 fully saturated rings. The molecule has 22 heavy (non-hydrogen) atoms. The van der Waals surface area contributed by atoms with Crippen LogP contribution in [0, 0.1) is 5.41 Å². The highest BCUT2D eigenvalue weighted by Gasteiger charge is 2.23. The highest BCUT2D eigenvalue weighted by Crippen LogP contribution is 2.25. The summed E-state index contributed by atoms with van der Waals surface area (Å²) in [6.45, 7) is 8.43. The van der Waals surface area contributed by atoms with Crippen LogP contribution in [0.3, 0.4) is 0 Å². The molecule has 0 aliphatic rings. The molecule has 2 rings (SSSR count). The Kier molecular flexibility index (Phi) is 4.28. The van der Waals surface area contributed by atoms with Crippen molar-refractivity contribution in [2.45, 2.75) is 34.2 Å². The molecular weight excluding hydrogens is 304 g/mol. The smallest absolute Gasteiger partial charge is 0.339 e. The number of nitrogens with zero attached hydrogens (tertiary/aromatic N) is 2. The Hall–Kier alpha value is -1.89. The van der Waals surface area contributed by atoms with Gasteiger partial charge in [-0.2, -0.15) is 0 Å². The van der Waals surface area contributed by atoms with Gasteiger partial charge in [-0.3, -0.25) is 13.9 Å². The molecule has 0 amide bonds. The van der Waals surface area contributed by atoms with Crippen LogP contribution >= 0.6 is 11.3 Å². The predicted molar refractivity (Wildman–Crippen MR) is 86.7 cm³/mol. The third-order valence-corrected chi connectivity index (χ3v) is 4.18. The van der Waals surface area contributed by atoms with Gasteiger partial charge >= 0.3 is 11.7 Å². The Labute approximate surface area is 131 Å². The number of hydrogen-bond donors (Lipinski definition) is 0. The number of esters is 1. The molecule has 2 aromatic heterocycles. The van der Waals surface area contributed by atoms with E-state index in [9.17, 15) is 14.4 Å². The first-order valence-electron chi connectivity index (χ1n) is 7.05. The first-order chi connectivity index (χ1) is 10.2. The number of carbonyl (C=O) groups is 1. The summed E-state index contributed by atoms with van der Waals surface area (Å²) in [6, 6.07) is 0. The molecule has 0 aliphatic heterocycles. The molecule has 0 saturated carbocycles. The molecule has 0 aromatic carbocycles. The Balaban J connectivity index is 2.81. The van der Waals surface area contributed by atoms with E-state index in [0.717, 1.165) is 4.57 Å². The third-order valence-electron chi connectivity index (χ3n) is 3.18. The van der Waals surface area contributed by atoms with Gasteiger partial charge in [0.1, 0.15) is 4.83 Å². The first-order valence-corrected chi connectivity index (χ1v) is 7.93. The van der Waals surface area contributed by atoms with Crippen molar-refractivity contribution in [1.82, 2.24) is 9.13 Å². The molecule has 0 atom stereocenters. The normalized spacial score (nSPS) is 11.9. The van der Waals surface area contributed by atoms with Gasteiger partial charge in [0.25, 0.3) is 5.56 Å². The lowest BCUT2D eigenvalue weighted by molar-refractivity contribution is 0.0529. The average molecular weight is 324 g/mol. The van der Waals surface area contributed by atoms with Gasteiger partial charge in [0.05, 0.1) is 17.6 Å². The largest absolute Gasteiger partial charge is 0.462 e. The van der Waals surface area contributed by atoms with Crippen molar-refractivity contribution in [2.24, 2.45) is 12.5 Å². The number of thiophene rings is 1. The minimum atomic E-state index is -0.535. The highest BCUT2D eigenvalue weighted by atomic mass is 32.1. The van der Waals surface area contributed by atoms with Crippen LogP contribution in [-0.2, 0) is 18.3 Å². The number of ether oxygens (including phenoxy) is 1. The number of rotatable bonds is 3. The molecule has 0 unspecified atom stereocenters. The van der Waals surface area contributed by atoms with E-state index in [2.05, 4.69) is 0 Å². The second-order valence-electron chi connectivity index (χ2n) is 6.34. The van der Waals surface area contributed by atoms with Crippen LogP contribution in [0.5, 0.6) is 0 Å². The Bertz CT molecular complexity index is 836. The maximum absolute atomic E-state index is 12.4. The Morgan fingerprint density at radius 3 is 2.50 bits per heavy atom. The van der Waals surface area contributed by atoms with E-state index in [4.69, 9.17) is 4.74 Å². The third kappa shape index (κ3) is 2.85. The fraction of sp³-hybridized carbons (Fsp3) is 0.533. The molecule has 2 heterocycles. The lowest BCUT2D eigenvalue weighted by Crippen LogP contribution is -2.40. The maximum Gasteiger partial charge on any atom is 0.339 e. The standard InChI is InChI=1S/C15H20N2O4S/c1-6-21-13(19)9-7-22-12-10(9)11(18)16(5)14(20)17(12)8-15(2,3)4/h7H,6,8H2,1-5H3. The minimum absolute atomic E-state index is 0.137. The molecular formula is C15H20N2O4S. The summed E-state index contributed by atoms with van der Waals surface area (Å²) in [5.41, 5.74) is -0.744. The Morgan fingerprint density at radius 2 is 1.95 bits per heavy atom. The summed E-state index contributed by atoms with van der Waals surface area (Å²) in [5, 5.41) is 1.85. The summed E-state index contributed by atoms with van der Waals surface area (Å²) in [4.78, 5) is 37.3. The molecule has 0 N–H and O–H groups in total. The van der Waals surface area contributed by atoms with Crippen LogP contribution in [0.25, 0.3) is 10.2 Å². The van der Waals surface area contributed by atoms with Crippen molar-refractivity contribution in [3.8, 4) is 0 Å². The van der Waals surface area contributed by atoms with E-state index in [-0.39, 0.29) is 28.7 Å². The summed E-state index contributed by atoms with van der Waals surface area (Å²) in [7, 11) is 1.43. The zero-order valence-electron chi connectivity index (χ0n) is 13.4. The van der Waals surface area contributed by atoms with Gasteiger partial charge in [-0.1, -0.05) is 20.8 Å². The van der Waals surface area contributed by atoms with Gasteiger partial charge in [0.15, 0.2) is 0 Å². The summed E-state index contributed by atoms with van der Waals surface area (Å²) < 4.78 is 7.60. The lowest BCUT2D eigenvalue weighted by atomic mass is 9.97. The van der Waals surface area contributed by atoms with E-state index in [0.29, 0.717) is 11.4 Å². The fourth-order valence-corrected chi connectivity index (χ4v) is 3.28. The summed E-state index contributed by atoms with van der Waals surface area (Å²) in [5.74, 6) is -0.535. The number of fused-ring (bicyclic) bond motifs is 1. The Morgan fingerprint density at radius 1 is 1.32 bits per heavy atom. The van der Waals surface area contributed by atoms with E-state index < -0.39 is 11.5 Å². The molecule has 2 aromatic rings. The van der Waals surface area contributed by atoms with E-state index >= 15 is 0 Å². The molecule has 0 aliphatic carbocycles. The first kappa shape index (κ1) is 16.5. The quantitative estimate of drug-likeness (QED) is 0.810. The average Bonchev–Trinajstić information content (AvgIpc) is 2.85. The van der Waals surface area contributed by atoms with Crippen LogP contribution in [0.15, 0.2) is 15.0 Å². The maximum atomic E-state index is 12.4. The van der Waals surface area contributed by atoms with Gasteiger partial charge in [-0.15, -0.1) is 11.3 Å². The van der Waals surface area contributed by atoms with E-state index in [1.807, 2.05) is 20.8 Å². The van der Waals surface area contributed by atoms with Crippen LogP contribution in [0.1, 0.15) is 38.1 Å². The van der Waals surface area contributed by atoms with Gasteiger partial charge < -0.3 is 4.74 Å². The van der Waals surface area contributed by atoms with Gasteiger partial charge in [-0.25, -0.2) is 9.59 Å². The van der Waals surface area contributed by atoms with Crippen LogP contribution in [0.4, 0.5) is 0 Å². The van der Waals surface area contributed by atoms with Crippen molar-refractivity contribution in [1.29, 1.82) is 0 Å². The molecule has 0 bridgehead atoms. The van der Waals surface area contributed by atoms with Crippen LogP contribution in [0.2, 0.25) is 0 Å². The van der Waals surface area contributed by atoms with Crippen molar-refractivity contribution in [2.75, 3.05) is 6.61 Å². The molecule has 0 saturated heterocycles. The molecule has 6 nitrogen and oxygen atoms in total.